The molecule has 2 rings (SSSR count). The fourth-order valence-electron chi connectivity index (χ4n) is 2.18. The summed E-state index contributed by atoms with van der Waals surface area (Å²) in [6.07, 6.45) is 0. The van der Waals surface area contributed by atoms with E-state index in [4.69, 9.17) is 9.47 Å². The first-order chi connectivity index (χ1) is 9.69. The summed E-state index contributed by atoms with van der Waals surface area (Å²) in [4.78, 5) is 0. The molecule has 1 atom stereocenters. The summed E-state index contributed by atoms with van der Waals surface area (Å²) >= 11 is 0. The van der Waals surface area contributed by atoms with Crippen LogP contribution in [0.5, 0.6) is 11.5 Å². The van der Waals surface area contributed by atoms with E-state index in [0.717, 1.165) is 22.6 Å². The van der Waals surface area contributed by atoms with Gasteiger partial charge in [0.2, 0.25) is 0 Å². The van der Waals surface area contributed by atoms with E-state index >= 15 is 0 Å². The van der Waals surface area contributed by atoms with Gasteiger partial charge in [0.25, 0.3) is 0 Å². The van der Waals surface area contributed by atoms with Gasteiger partial charge in [0, 0.05) is 17.7 Å². The zero-order valence-electron chi connectivity index (χ0n) is 12.4. The third kappa shape index (κ3) is 2.94. The Morgan fingerprint density at radius 3 is 2.45 bits per heavy atom. The van der Waals surface area contributed by atoms with Crippen LogP contribution >= 0.6 is 0 Å². The fourth-order valence-corrected chi connectivity index (χ4v) is 2.18. The Bertz CT molecular complexity index is 581. The predicted molar refractivity (Wildman–Crippen MR) is 82.5 cm³/mol. The number of hydrogen-bond acceptors (Lipinski definition) is 3. The molecule has 0 radical (unpaired) electrons. The molecule has 0 spiro atoms. The van der Waals surface area contributed by atoms with Crippen molar-refractivity contribution in [1.82, 2.24) is 5.32 Å². The fraction of sp³-hybridized carbons (Fsp3) is 0.294. The minimum atomic E-state index is 0.319. The molecular formula is C17H21NO2. The summed E-state index contributed by atoms with van der Waals surface area (Å²) in [5.74, 6) is 1.61. The lowest BCUT2D eigenvalue weighted by Crippen LogP contribution is -2.12. The van der Waals surface area contributed by atoms with Gasteiger partial charge in [-0.3, -0.25) is 0 Å². The first-order valence-corrected chi connectivity index (χ1v) is 6.69. The molecule has 106 valence electrons. The molecule has 0 saturated carbocycles. The number of hydrogen-bond donors (Lipinski definition) is 1. The van der Waals surface area contributed by atoms with Crippen molar-refractivity contribution >= 4 is 0 Å². The number of nitrogens with one attached hydrogen (secondary N) is 1. The first-order valence-electron chi connectivity index (χ1n) is 6.69. The monoisotopic (exact) mass is 271 g/mol. The van der Waals surface area contributed by atoms with Gasteiger partial charge in [-0.25, -0.2) is 0 Å². The molecule has 0 aliphatic rings. The third-order valence-corrected chi connectivity index (χ3v) is 3.54. The number of methoxy groups -OCH3 is 2. The van der Waals surface area contributed by atoms with Gasteiger partial charge in [-0.15, -0.1) is 0 Å². The second kappa shape index (κ2) is 6.44. The van der Waals surface area contributed by atoms with Crippen LogP contribution in [0.2, 0.25) is 0 Å². The molecule has 1 unspecified atom stereocenters. The largest absolute Gasteiger partial charge is 0.497 e. The van der Waals surface area contributed by atoms with Crippen LogP contribution < -0.4 is 14.8 Å². The Kier molecular flexibility index (Phi) is 4.64. The number of rotatable bonds is 5. The minimum absolute atomic E-state index is 0.319. The summed E-state index contributed by atoms with van der Waals surface area (Å²) in [7, 11) is 5.30. The summed E-state index contributed by atoms with van der Waals surface area (Å²) in [6.45, 7) is 2.14. The topological polar surface area (TPSA) is 30.5 Å². The van der Waals surface area contributed by atoms with Gasteiger partial charge < -0.3 is 14.8 Å². The van der Waals surface area contributed by atoms with Gasteiger partial charge in [-0.1, -0.05) is 18.2 Å². The van der Waals surface area contributed by atoms with E-state index in [1.807, 2.05) is 25.2 Å². The van der Waals surface area contributed by atoms with E-state index in [-0.39, 0.29) is 0 Å². The average molecular weight is 271 g/mol. The maximum Gasteiger partial charge on any atom is 0.130 e. The smallest absolute Gasteiger partial charge is 0.130 e. The number of ether oxygens (including phenoxy) is 2. The highest BCUT2D eigenvalue weighted by Gasteiger charge is 2.09. The Hall–Kier alpha value is -2.00. The molecule has 3 heteroatoms. The average Bonchev–Trinajstić information content (AvgIpc) is 2.53. The van der Waals surface area contributed by atoms with Crippen LogP contribution in [0.4, 0.5) is 0 Å². The molecule has 0 amide bonds. The van der Waals surface area contributed by atoms with E-state index in [9.17, 15) is 0 Å². The summed E-state index contributed by atoms with van der Waals surface area (Å²) < 4.78 is 10.7. The second-order valence-electron chi connectivity index (χ2n) is 4.70. The van der Waals surface area contributed by atoms with Gasteiger partial charge in [-0.05, 0) is 43.3 Å². The molecule has 3 nitrogen and oxygen atoms in total. The van der Waals surface area contributed by atoms with Crippen molar-refractivity contribution in [3.8, 4) is 22.6 Å². The Labute approximate surface area is 120 Å². The van der Waals surface area contributed by atoms with Crippen LogP contribution in [0.25, 0.3) is 11.1 Å². The number of benzene rings is 2. The highest BCUT2D eigenvalue weighted by atomic mass is 16.5. The van der Waals surface area contributed by atoms with Gasteiger partial charge in [0.1, 0.15) is 11.5 Å². The van der Waals surface area contributed by atoms with Crippen molar-refractivity contribution in [3.05, 3.63) is 48.0 Å². The molecule has 0 aromatic heterocycles. The van der Waals surface area contributed by atoms with E-state index < -0.39 is 0 Å². The van der Waals surface area contributed by atoms with Crippen molar-refractivity contribution in [3.63, 3.8) is 0 Å². The molecule has 0 aliphatic carbocycles. The summed E-state index contributed by atoms with van der Waals surface area (Å²) in [5, 5.41) is 3.26. The first kappa shape index (κ1) is 14.4. The minimum Gasteiger partial charge on any atom is -0.497 e. The van der Waals surface area contributed by atoms with Crippen molar-refractivity contribution in [1.29, 1.82) is 0 Å². The van der Waals surface area contributed by atoms with Crippen LogP contribution in [0, 0.1) is 0 Å². The van der Waals surface area contributed by atoms with Gasteiger partial charge >= 0.3 is 0 Å². The zero-order valence-corrected chi connectivity index (χ0v) is 12.4. The molecule has 0 saturated heterocycles. The Morgan fingerprint density at radius 2 is 1.80 bits per heavy atom. The van der Waals surface area contributed by atoms with Gasteiger partial charge in [0.05, 0.1) is 14.2 Å². The Morgan fingerprint density at radius 1 is 1.00 bits per heavy atom. The predicted octanol–water partition coefficient (Wildman–Crippen LogP) is 3.65. The van der Waals surface area contributed by atoms with Crippen LogP contribution in [0.15, 0.2) is 42.5 Å². The standard InChI is InChI=1S/C17H21NO2/c1-12(18-2)13-6-5-7-14(10-13)16-9-8-15(19-3)11-17(16)20-4/h5-12,18H,1-4H3. The van der Waals surface area contributed by atoms with E-state index in [1.54, 1.807) is 14.2 Å². The van der Waals surface area contributed by atoms with Crippen LogP contribution in [-0.2, 0) is 0 Å². The van der Waals surface area contributed by atoms with Crippen LogP contribution in [0.1, 0.15) is 18.5 Å². The molecule has 0 fully saturated rings. The van der Waals surface area contributed by atoms with Gasteiger partial charge in [-0.2, -0.15) is 0 Å². The lowest BCUT2D eigenvalue weighted by Gasteiger charge is -2.14. The maximum atomic E-state index is 5.47. The van der Waals surface area contributed by atoms with Crippen molar-refractivity contribution in [2.75, 3.05) is 21.3 Å². The van der Waals surface area contributed by atoms with Crippen LogP contribution in [0.3, 0.4) is 0 Å². The second-order valence-corrected chi connectivity index (χ2v) is 4.70. The molecule has 2 aromatic carbocycles. The molecule has 1 N–H and O–H groups in total. The molecular weight excluding hydrogens is 250 g/mol. The normalized spacial score (nSPS) is 12.0. The summed E-state index contributed by atoms with van der Waals surface area (Å²) in [6, 6.07) is 14.7. The van der Waals surface area contributed by atoms with Crippen molar-refractivity contribution < 1.29 is 9.47 Å². The van der Waals surface area contributed by atoms with E-state index in [2.05, 4.69) is 36.5 Å². The third-order valence-electron chi connectivity index (χ3n) is 3.54. The molecule has 2 aromatic rings. The van der Waals surface area contributed by atoms with Crippen LogP contribution in [-0.4, -0.2) is 21.3 Å². The highest BCUT2D eigenvalue weighted by molar-refractivity contribution is 5.72. The summed E-state index contributed by atoms with van der Waals surface area (Å²) in [5.41, 5.74) is 3.46. The molecule has 0 heterocycles. The van der Waals surface area contributed by atoms with Crippen molar-refractivity contribution in [2.24, 2.45) is 0 Å². The maximum absolute atomic E-state index is 5.47. The lowest BCUT2D eigenvalue weighted by atomic mass is 9.99. The quantitative estimate of drug-likeness (QED) is 0.900. The van der Waals surface area contributed by atoms with Crippen molar-refractivity contribution in [2.45, 2.75) is 13.0 Å². The SMILES string of the molecule is CNC(C)c1cccc(-c2ccc(OC)cc2OC)c1. The van der Waals surface area contributed by atoms with E-state index in [1.165, 1.54) is 5.56 Å². The highest BCUT2D eigenvalue weighted by Crippen LogP contribution is 2.34. The Balaban J connectivity index is 2.45. The molecule has 0 bridgehead atoms. The molecule has 0 aliphatic heterocycles. The zero-order chi connectivity index (χ0) is 14.5. The lowest BCUT2D eigenvalue weighted by molar-refractivity contribution is 0.395. The van der Waals surface area contributed by atoms with E-state index in [0.29, 0.717) is 6.04 Å². The molecule has 20 heavy (non-hydrogen) atoms. The van der Waals surface area contributed by atoms with Gasteiger partial charge in [0.15, 0.2) is 0 Å².